The van der Waals surface area contributed by atoms with Crippen LogP contribution in [0.2, 0.25) is 5.02 Å². The molecule has 0 atom stereocenters. The van der Waals surface area contributed by atoms with Crippen LogP contribution in [0.15, 0.2) is 78.9 Å². The summed E-state index contributed by atoms with van der Waals surface area (Å²) >= 11 is 5.91. The van der Waals surface area contributed by atoms with E-state index in [9.17, 15) is 4.79 Å². The first-order chi connectivity index (χ1) is 12.6. The van der Waals surface area contributed by atoms with Gasteiger partial charge in [-0.05, 0) is 52.6 Å². The van der Waals surface area contributed by atoms with Gasteiger partial charge in [0.1, 0.15) is 0 Å². The van der Waals surface area contributed by atoms with Gasteiger partial charge in [0.2, 0.25) is 5.91 Å². The second kappa shape index (κ2) is 8.48. The fourth-order valence-electron chi connectivity index (χ4n) is 2.48. The van der Waals surface area contributed by atoms with Crippen LogP contribution in [0.3, 0.4) is 0 Å². The number of hydrogen-bond donors (Lipinski definition) is 2. The van der Waals surface area contributed by atoms with E-state index in [1.54, 1.807) is 6.08 Å². The van der Waals surface area contributed by atoms with Crippen molar-refractivity contribution in [1.29, 1.82) is 0 Å². The lowest BCUT2D eigenvalue weighted by Crippen LogP contribution is -2.07. The van der Waals surface area contributed by atoms with Crippen LogP contribution in [0.25, 0.3) is 17.2 Å². The van der Waals surface area contributed by atoms with E-state index in [1.165, 1.54) is 6.08 Å². The van der Waals surface area contributed by atoms with Gasteiger partial charge >= 0.3 is 0 Å². The van der Waals surface area contributed by atoms with Crippen molar-refractivity contribution in [2.24, 2.45) is 0 Å². The largest absolute Gasteiger partial charge is 0.392 e. The Morgan fingerprint density at radius 3 is 2.04 bits per heavy atom. The molecular weight excluding hydrogens is 346 g/mol. The Morgan fingerprint density at radius 1 is 0.885 bits per heavy atom. The number of anilines is 1. The van der Waals surface area contributed by atoms with Crippen molar-refractivity contribution in [3.63, 3.8) is 0 Å². The molecule has 0 aliphatic carbocycles. The molecule has 3 rings (SSSR count). The molecule has 3 nitrogen and oxygen atoms in total. The first-order valence-electron chi connectivity index (χ1n) is 8.19. The molecule has 0 spiro atoms. The maximum atomic E-state index is 12.0. The van der Waals surface area contributed by atoms with Gasteiger partial charge in [-0.2, -0.15) is 0 Å². The van der Waals surface area contributed by atoms with Crippen molar-refractivity contribution in [3.8, 4) is 11.1 Å². The minimum absolute atomic E-state index is 0.0104. The summed E-state index contributed by atoms with van der Waals surface area (Å²) in [6.45, 7) is 0.0104. The van der Waals surface area contributed by atoms with E-state index in [0.29, 0.717) is 5.02 Å². The molecule has 26 heavy (non-hydrogen) atoms. The molecule has 0 fully saturated rings. The molecule has 3 aromatic carbocycles. The summed E-state index contributed by atoms with van der Waals surface area (Å²) in [5.41, 5.74) is 4.59. The monoisotopic (exact) mass is 363 g/mol. The predicted molar refractivity (Wildman–Crippen MR) is 107 cm³/mol. The Morgan fingerprint density at radius 2 is 1.46 bits per heavy atom. The summed E-state index contributed by atoms with van der Waals surface area (Å²) < 4.78 is 0. The molecule has 0 saturated carbocycles. The molecule has 3 aromatic rings. The zero-order valence-corrected chi connectivity index (χ0v) is 14.8. The summed E-state index contributed by atoms with van der Waals surface area (Å²) in [5, 5.41) is 12.6. The van der Waals surface area contributed by atoms with Crippen molar-refractivity contribution in [2.75, 3.05) is 5.32 Å². The number of halogens is 1. The van der Waals surface area contributed by atoms with E-state index < -0.39 is 0 Å². The normalized spacial score (nSPS) is 10.8. The van der Waals surface area contributed by atoms with Gasteiger partial charge in [0.05, 0.1) is 6.61 Å². The first kappa shape index (κ1) is 17.9. The average molecular weight is 364 g/mol. The quantitative estimate of drug-likeness (QED) is 0.616. The summed E-state index contributed by atoms with van der Waals surface area (Å²) in [7, 11) is 0. The maximum Gasteiger partial charge on any atom is 0.248 e. The molecular formula is C22H18ClNO2. The van der Waals surface area contributed by atoms with E-state index in [2.05, 4.69) is 5.32 Å². The van der Waals surface area contributed by atoms with E-state index in [1.807, 2.05) is 72.8 Å². The lowest BCUT2D eigenvalue weighted by Gasteiger charge is -2.05. The van der Waals surface area contributed by atoms with Crippen LogP contribution in [0.5, 0.6) is 0 Å². The smallest absolute Gasteiger partial charge is 0.248 e. The number of carbonyl (C=O) groups excluding carboxylic acids is 1. The Labute approximate surface area is 157 Å². The van der Waals surface area contributed by atoms with Gasteiger partial charge in [0.15, 0.2) is 0 Å². The second-order valence-corrected chi connectivity index (χ2v) is 6.24. The zero-order valence-electron chi connectivity index (χ0n) is 14.0. The number of rotatable bonds is 5. The third-order valence-electron chi connectivity index (χ3n) is 3.92. The summed E-state index contributed by atoms with van der Waals surface area (Å²) in [5.74, 6) is -0.199. The molecule has 130 valence electrons. The number of hydrogen-bond acceptors (Lipinski definition) is 2. The summed E-state index contributed by atoms with van der Waals surface area (Å²) in [4.78, 5) is 12.0. The van der Waals surface area contributed by atoms with Crippen molar-refractivity contribution in [1.82, 2.24) is 0 Å². The van der Waals surface area contributed by atoms with Crippen LogP contribution in [-0.4, -0.2) is 11.0 Å². The molecule has 4 heteroatoms. The lowest BCUT2D eigenvalue weighted by molar-refractivity contribution is -0.111. The number of carbonyl (C=O) groups is 1. The van der Waals surface area contributed by atoms with Gasteiger partial charge in [0.25, 0.3) is 0 Å². The molecule has 0 heterocycles. The molecule has 0 saturated heterocycles. The van der Waals surface area contributed by atoms with Crippen molar-refractivity contribution >= 4 is 29.3 Å². The van der Waals surface area contributed by atoms with Gasteiger partial charge in [-0.3, -0.25) is 4.79 Å². The third-order valence-corrected chi connectivity index (χ3v) is 4.17. The van der Waals surface area contributed by atoms with Crippen LogP contribution < -0.4 is 5.32 Å². The number of amides is 1. The van der Waals surface area contributed by atoms with Crippen LogP contribution >= 0.6 is 11.6 Å². The highest BCUT2D eigenvalue weighted by Gasteiger charge is 2.01. The second-order valence-electron chi connectivity index (χ2n) is 5.81. The Balaban J connectivity index is 1.61. The molecule has 1 amide bonds. The van der Waals surface area contributed by atoms with E-state index in [4.69, 9.17) is 16.7 Å². The van der Waals surface area contributed by atoms with Gasteiger partial charge in [-0.25, -0.2) is 0 Å². The van der Waals surface area contributed by atoms with Crippen molar-refractivity contribution in [3.05, 3.63) is 95.0 Å². The number of benzene rings is 3. The Hall–Kier alpha value is -2.88. The lowest BCUT2D eigenvalue weighted by atomic mass is 10.1. The van der Waals surface area contributed by atoms with Crippen molar-refractivity contribution < 1.29 is 9.90 Å². The topological polar surface area (TPSA) is 49.3 Å². The average Bonchev–Trinajstić information content (AvgIpc) is 2.68. The molecule has 0 unspecified atom stereocenters. The Kier molecular flexibility index (Phi) is 5.84. The van der Waals surface area contributed by atoms with Crippen LogP contribution in [0.1, 0.15) is 11.1 Å². The minimum atomic E-state index is -0.199. The maximum absolute atomic E-state index is 12.0. The molecule has 0 aliphatic rings. The SMILES string of the molecule is O=C(C=Cc1ccc(CO)cc1)Nc1ccc(-c2ccc(Cl)cc2)cc1. The van der Waals surface area contributed by atoms with Gasteiger partial charge in [0, 0.05) is 16.8 Å². The third kappa shape index (κ3) is 4.82. The molecule has 0 radical (unpaired) electrons. The Bertz CT molecular complexity index is 898. The van der Waals surface area contributed by atoms with Crippen LogP contribution in [-0.2, 0) is 11.4 Å². The summed E-state index contributed by atoms with van der Waals surface area (Å²) in [6, 6.07) is 22.6. The highest BCUT2D eigenvalue weighted by atomic mass is 35.5. The van der Waals surface area contributed by atoms with Gasteiger partial charge < -0.3 is 10.4 Å². The fraction of sp³-hybridized carbons (Fsp3) is 0.0455. The fourth-order valence-corrected chi connectivity index (χ4v) is 2.60. The van der Waals surface area contributed by atoms with Gasteiger partial charge in [-0.15, -0.1) is 0 Å². The predicted octanol–water partition coefficient (Wildman–Crippen LogP) is 5.15. The molecule has 2 N–H and O–H groups in total. The van der Waals surface area contributed by atoms with E-state index >= 15 is 0 Å². The first-order valence-corrected chi connectivity index (χ1v) is 8.57. The van der Waals surface area contributed by atoms with E-state index in [-0.39, 0.29) is 12.5 Å². The van der Waals surface area contributed by atoms with Crippen LogP contribution in [0.4, 0.5) is 5.69 Å². The molecule has 0 bridgehead atoms. The number of aliphatic hydroxyl groups excluding tert-OH is 1. The summed E-state index contributed by atoms with van der Waals surface area (Å²) in [6.07, 6.45) is 3.22. The highest BCUT2D eigenvalue weighted by Crippen LogP contribution is 2.23. The minimum Gasteiger partial charge on any atom is -0.392 e. The van der Waals surface area contributed by atoms with E-state index in [0.717, 1.165) is 27.9 Å². The molecule has 0 aliphatic heterocycles. The van der Waals surface area contributed by atoms with Gasteiger partial charge in [-0.1, -0.05) is 60.1 Å². The number of nitrogens with one attached hydrogen (secondary N) is 1. The highest BCUT2D eigenvalue weighted by molar-refractivity contribution is 6.30. The standard InChI is InChI=1S/C22H18ClNO2/c23-20-10-6-18(7-11-20)19-8-12-21(13-9-19)24-22(26)14-5-16-1-3-17(15-25)4-2-16/h1-14,25H,15H2,(H,24,26). The van der Waals surface area contributed by atoms with Crippen molar-refractivity contribution in [2.45, 2.75) is 6.61 Å². The van der Waals surface area contributed by atoms with Crippen LogP contribution in [0, 0.1) is 0 Å². The zero-order chi connectivity index (χ0) is 18.4. The molecule has 0 aromatic heterocycles. The number of aliphatic hydroxyl groups is 1.